The van der Waals surface area contributed by atoms with E-state index in [0.717, 1.165) is 15.6 Å². The third-order valence-electron chi connectivity index (χ3n) is 2.26. The summed E-state index contributed by atoms with van der Waals surface area (Å²) < 4.78 is 0.671. The van der Waals surface area contributed by atoms with Crippen LogP contribution in [0.15, 0.2) is 28.9 Å². The highest BCUT2D eigenvalue weighted by molar-refractivity contribution is 9.10. The first-order valence-corrected chi connectivity index (χ1v) is 6.76. The molecule has 94 valence electrons. The lowest BCUT2D eigenvalue weighted by Gasteiger charge is -2.06. The van der Waals surface area contributed by atoms with Crippen molar-refractivity contribution in [1.29, 1.82) is 0 Å². The van der Waals surface area contributed by atoms with Crippen molar-refractivity contribution in [3.63, 3.8) is 0 Å². The molecule has 1 aromatic heterocycles. The Morgan fingerprint density at radius 3 is 2.89 bits per heavy atom. The van der Waals surface area contributed by atoms with Crippen LogP contribution >= 0.6 is 27.3 Å². The van der Waals surface area contributed by atoms with Gasteiger partial charge in [0.1, 0.15) is 5.01 Å². The first kappa shape index (κ1) is 13.0. The maximum absolute atomic E-state index is 10.6. The van der Waals surface area contributed by atoms with Gasteiger partial charge in [0.25, 0.3) is 5.69 Å². The predicted octanol–water partition coefficient (Wildman–Crippen LogP) is 3.73. The van der Waals surface area contributed by atoms with Crippen LogP contribution in [0.5, 0.6) is 0 Å². The van der Waals surface area contributed by atoms with Gasteiger partial charge in [-0.15, -0.1) is 11.3 Å². The number of halogens is 1. The number of nitro groups is 1. The van der Waals surface area contributed by atoms with Crippen LogP contribution in [0.4, 0.5) is 11.4 Å². The van der Waals surface area contributed by atoms with Crippen LogP contribution in [0.3, 0.4) is 0 Å². The van der Waals surface area contributed by atoms with Gasteiger partial charge in [0.15, 0.2) is 0 Å². The molecule has 1 aromatic carbocycles. The fourth-order valence-electron chi connectivity index (χ4n) is 1.41. The zero-order chi connectivity index (χ0) is 13.1. The Bertz CT molecular complexity index is 585. The normalized spacial score (nSPS) is 10.3. The van der Waals surface area contributed by atoms with Gasteiger partial charge in [-0.3, -0.25) is 10.1 Å². The minimum atomic E-state index is -0.418. The van der Waals surface area contributed by atoms with E-state index in [-0.39, 0.29) is 5.69 Å². The lowest BCUT2D eigenvalue weighted by atomic mass is 10.3. The van der Waals surface area contributed by atoms with Gasteiger partial charge in [0.2, 0.25) is 0 Å². The van der Waals surface area contributed by atoms with Crippen LogP contribution in [0.2, 0.25) is 0 Å². The van der Waals surface area contributed by atoms with E-state index >= 15 is 0 Å². The van der Waals surface area contributed by atoms with Gasteiger partial charge < -0.3 is 5.32 Å². The lowest BCUT2D eigenvalue weighted by molar-refractivity contribution is -0.384. The highest BCUT2D eigenvalue weighted by Gasteiger charge is 2.09. The third-order valence-corrected chi connectivity index (χ3v) is 3.83. The Morgan fingerprint density at radius 1 is 1.56 bits per heavy atom. The number of hydrogen-bond donors (Lipinski definition) is 1. The molecule has 2 rings (SSSR count). The standard InChI is InChI=1S/C11H10BrN3O2S/c1-7-5-14-11(18-7)6-13-10-3-2-8(15(16)17)4-9(10)12/h2-5,13H,6H2,1H3. The van der Waals surface area contributed by atoms with E-state index in [9.17, 15) is 10.1 Å². The molecule has 5 nitrogen and oxygen atoms in total. The smallest absolute Gasteiger partial charge is 0.270 e. The Hall–Kier alpha value is -1.47. The summed E-state index contributed by atoms with van der Waals surface area (Å²) in [5.74, 6) is 0. The summed E-state index contributed by atoms with van der Waals surface area (Å²) in [4.78, 5) is 15.6. The summed E-state index contributed by atoms with van der Waals surface area (Å²) in [5, 5.41) is 14.8. The van der Waals surface area contributed by atoms with Gasteiger partial charge in [-0.2, -0.15) is 0 Å². The second-order valence-corrected chi connectivity index (χ2v) is 5.81. The van der Waals surface area contributed by atoms with Crippen molar-refractivity contribution < 1.29 is 4.92 Å². The third kappa shape index (κ3) is 3.05. The summed E-state index contributed by atoms with van der Waals surface area (Å²) in [6, 6.07) is 4.64. The number of benzene rings is 1. The van der Waals surface area contributed by atoms with E-state index < -0.39 is 4.92 Å². The SMILES string of the molecule is Cc1cnc(CNc2ccc([N+](=O)[O-])cc2Br)s1. The number of rotatable bonds is 4. The summed E-state index contributed by atoms with van der Waals surface area (Å²) in [6.45, 7) is 2.61. The van der Waals surface area contributed by atoms with Crippen LogP contribution in [0.25, 0.3) is 0 Å². The number of aryl methyl sites for hydroxylation is 1. The molecule has 1 N–H and O–H groups in total. The average Bonchev–Trinajstić information content (AvgIpc) is 2.73. The van der Waals surface area contributed by atoms with E-state index in [1.54, 1.807) is 17.4 Å². The lowest BCUT2D eigenvalue weighted by Crippen LogP contribution is -1.99. The molecule has 18 heavy (non-hydrogen) atoms. The van der Waals surface area contributed by atoms with Crippen molar-refractivity contribution in [2.75, 3.05) is 5.32 Å². The average molecular weight is 328 g/mol. The molecule has 0 radical (unpaired) electrons. The quantitative estimate of drug-likeness (QED) is 0.686. The zero-order valence-electron chi connectivity index (χ0n) is 9.51. The van der Waals surface area contributed by atoms with E-state index in [1.807, 2.05) is 13.1 Å². The summed E-state index contributed by atoms with van der Waals surface area (Å²) in [5.41, 5.74) is 0.881. The molecular formula is C11H10BrN3O2S. The van der Waals surface area contributed by atoms with Gasteiger partial charge in [0.05, 0.1) is 11.5 Å². The molecule has 0 saturated heterocycles. The number of nitrogens with zero attached hydrogens (tertiary/aromatic N) is 2. The molecule has 0 aliphatic heterocycles. The van der Waals surface area contributed by atoms with Crippen molar-refractivity contribution in [3.05, 3.63) is 48.9 Å². The van der Waals surface area contributed by atoms with Crippen LogP contribution in [-0.4, -0.2) is 9.91 Å². The Kier molecular flexibility index (Phi) is 3.93. The topological polar surface area (TPSA) is 68.1 Å². The molecule has 0 bridgehead atoms. The number of non-ortho nitro benzene ring substituents is 1. The fraction of sp³-hybridized carbons (Fsp3) is 0.182. The van der Waals surface area contributed by atoms with Crippen LogP contribution in [0.1, 0.15) is 9.88 Å². The molecule has 7 heteroatoms. The molecular weight excluding hydrogens is 318 g/mol. The number of thiazole rings is 1. The fourth-order valence-corrected chi connectivity index (χ4v) is 2.65. The maximum atomic E-state index is 10.6. The number of aromatic nitrogens is 1. The Labute approximate surface area is 116 Å². The van der Waals surface area contributed by atoms with Gasteiger partial charge >= 0.3 is 0 Å². The second-order valence-electron chi connectivity index (χ2n) is 3.64. The van der Waals surface area contributed by atoms with Gasteiger partial charge in [-0.1, -0.05) is 0 Å². The van der Waals surface area contributed by atoms with Crippen LogP contribution in [0, 0.1) is 17.0 Å². The summed E-state index contributed by atoms with van der Waals surface area (Å²) in [7, 11) is 0. The highest BCUT2D eigenvalue weighted by Crippen LogP contribution is 2.27. The first-order valence-electron chi connectivity index (χ1n) is 5.15. The molecule has 0 fully saturated rings. The Balaban J connectivity index is 2.08. The van der Waals surface area contributed by atoms with Gasteiger partial charge in [-0.25, -0.2) is 4.98 Å². The van der Waals surface area contributed by atoms with Gasteiger partial charge in [0, 0.05) is 33.4 Å². The number of anilines is 1. The molecule has 0 amide bonds. The monoisotopic (exact) mass is 327 g/mol. The number of hydrogen-bond acceptors (Lipinski definition) is 5. The second kappa shape index (κ2) is 5.45. The highest BCUT2D eigenvalue weighted by atomic mass is 79.9. The minimum Gasteiger partial charge on any atom is -0.378 e. The molecule has 0 aliphatic carbocycles. The Morgan fingerprint density at radius 2 is 2.33 bits per heavy atom. The minimum absolute atomic E-state index is 0.0671. The molecule has 0 atom stereocenters. The van der Waals surface area contributed by atoms with Crippen LogP contribution < -0.4 is 5.32 Å². The zero-order valence-corrected chi connectivity index (χ0v) is 11.9. The first-order chi connectivity index (χ1) is 8.56. The van der Waals surface area contributed by atoms with Gasteiger partial charge in [-0.05, 0) is 28.9 Å². The molecule has 0 unspecified atom stereocenters. The molecule has 1 heterocycles. The van der Waals surface area contributed by atoms with Crippen LogP contribution in [-0.2, 0) is 6.54 Å². The number of nitrogens with one attached hydrogen (secondary N) is 1. The molecule has 0 spiro atoms. The van der Waals surface area contributed by atoms with Crippen molar-refractivity contribution >= 4 is 38.6 Å². The van der Waals surface area contributed by atoms with E-state index in [0.29, 0.717) is 11.0 Å². The van der Waals surface area contributed by atoms with Crippen molar-refractivity contribution in [3.8, 4) is 0 Å². The molecule has 0 saturated carbocycles. The van der Waals surface area contributed by atoms with E-state index in [4.69, 9.17) is 0 Å². The van der Waals surface area contributed by atoms with E-state index in [2.05, 4.69) is 26.2 Å². The number of nitro benzene ring substituents is 1. The van der Waals surface area contributed by atoms with E-state index in [1.165, 1.54) is 12.1 Å². The molecule has 0 aliphatic rings. The van der Waals surface area contributed by atoms with Crippen molar-refractivity contribution in [1.82, 2.24) is 4.98 Å². The molecule has 2 aromatic rings. The summed E-state index contributed by atoms with van der Waals surface area (Å²) in [6.07, 6.45) is 1.83. The van der Waals surface area contributed by atoms with Crippen molar-refractivity contribution in [2.45, 2.75) is 13.5 Å². The summed E-state index contributed by atoms with van der Waals surface area (Å²) >= 11 is 4.93. The predicted molar refractivity (Wildman–Crippen MR) is 75.0 cm³/mol. The largest absolute Gasteiger partial charge is 0.378 e. The van der Waals surface area contributed by atoms with Crippen molar-refractivity contribution in [2.24, 2.45) is 0 Å². The maximum Gasteiger partial charge on any atom is 0.270 e.